The monoisotopic (exact) mass is 472 g/mol. The highest BCUT2D eigenvalue weighted by Gasteiger charge is 2.30. The lowest BCUT2D eigenvalue weighted by Crippen LogP contribution is -2.31. The van der Waals surface area contributed by atoms with E-state index >= 15 is 0 Å². The SMILES string of the molecule is [2H]C([2H])(Cc1nc(-c2ccccc2)oc1C([2H])([2H])[2H])Oc1ccc(C(O)C(OC)C(=O)OC)c2sccc12. The molecule has 0 amide bonds. The van der Waals surface area contributed by atoms with Gasteiger partial charge in [0.2, 0.25) is 5.89 Å². The summed E-state index contributed by atoms with van der Waals surface area (Å²) in [6.07, 6.45) is -3.10. The molecule has 0 aliphatic carbocycles. The van der Waals surface area contributed by atoms with Crippen molar-refractivity contribution in [3.63, 3.8) is 0 Å². The van der Waals surface area contributed by atoms with Crippen molar-refractivity contribution in [3.8, 4) is 17.2 Å². The second-order valence-electron chi connectivity index (χ2n) is 7.02. The third kappa shape index (κ3) is 4.78. The number of aliphatic hydroxyl groups is 1. The molecule has 0 saturated carbocycles. The number of aryl methyl sites for hydroxylation is 2. The fourth-order valence-electron chi connectivity index (χ4n) is 3.37. The molecule has 4 aromatic rings. The number of carbonyl (C=O) groups excluding carboxylic acids is 1. The number of rotatable bonds is 9. The van der Waals surface area contributed by atoms with Gasteiger partial charge in [-0.05, 0) is 36.5 Å². The number of benzene rings is 2. The lowest BCUT2D eigenvalue weighted by atomic mass is 10.0. The summed E-state index contributed by atoms with van der Waals surface area (Å²) >= 11 is 1.27. The van der Waals surface area contributed by atoms with Crippen molar-refractivity contribution in [3.05, 3.63) is 70.9 Å². The minimum Gasteiger partial charge on any atom is -0.493 e. The molecular formula is C25H25NO6S. The molecule has 1 N–H and O–H groups in total. The molecule has 4 rings (SSSR count). The smallest absolute Gasteiger partial charge is 0.338 e. The summed E-state index contributed by atoms with van der Waals surface area (Å²) in [7, 11) is 2.47. The summed E-state index contributed by atoms with van der Waals surface area (Å²) in [5.41, 5.74) is 0.860. The van der Waals surface area contributed by atoms with E-state index in [4.69, 9.17) is 25.5 Å². The zero-order chi connectivity index (χ0) is 27.7. The number of hydrogen-bond acceptors (Lipinski definition) is 8. The van der Waals surface area contributed by atoms with Gasteiger partial charge in [0.25, 0.3) is 0 Å². The second kappa shape index (κ2) is 10.2. The van der Waals surface area contributed by atoms with E-state index < -0.39 is 43.8 Å². The number of aromatic nitrogens is 1. The van der Waals surface area contributed by atoms with Gasteiger partial charge in [-0.1, -0.05) is 24.3 Å². The van der Waals surface area contributed by atoms with Crippen molar-refractivity contribution in [2.24, 2.45) is 0 Å². The summed E-state index contributed by atoms with van der Waals surface area (Å²) in [6.45, 7) is -5.03. The topological polar surface area (TPSA) is 91.0 Å². The van der Waals surface area contributed by atoms with Crippen LogP contribution in [0.2, 0.25) is 0 Å². The standard InChI is InChI=1S/C25H25NO6S/c1-15-19(26-24(32-15)16-7-5-4-6-8-16)11-13-31-20-10-9-18(23-17(20)12-14-33-23)21(27)22(29-2)25(28)30-3/h4-10,12,14,21-22,27H,11,13H2,1-3H3/i1D3,13D2. The molecule has 0 spiro atoms. The number of aliphatic hydroxyl groups excluding tert-OH is 1. The van der Waals surface area contributed by atoms with Crippen molar-refractivity contribution in [2.45, 2.75) is 25.5 Å². The zero-order valence-electron chi connectivity index (χ0n) is 22.9. The van der Waals surface area contributed by atoms with Gasteiger partial charge >= 0.3 is 5.97 Å². The average Bonchev–Trinajstić information content (AvgIpc) is 3.52. The summed E-state index contributed by atoms with van der Waals surface area (Å²) in [5.74, 6) is -0.916. The maximum Gasteiger partial charge on any atom is 0.338 e. The number of ether oxygens (including phenoxy) is 3. The Hall–Kier alpha value is -3.20. The Kier molecular flexibility index (Phi) is 5.33. The van der Waals surface area contributed by atoms with Crippen molar-refractivity contribution in [1.29, 1.82) is 0 Å². The maximum atomic E-state index is 12.0. The minimum atomic E-state index is -2.65. The predicted molar refractivity (Wildman–Crippen MR) is 125 cm³/mol. The van der Waals surface area contributed by atoms with Crippen molar-refractivity contribution in [1.82, 2.24) is 4.98 Å². The minimum absolute atomic E-state index is 0.0689. The molecular weight excluding hydrogens is 442 g/mol. The van der Waals surface area contributed by atoms with E-state index in [9.17, 15) is 9.90 Å². The van der Waals surface area contributed by atoms with Gasteiger partial charge in [0, 0.05) is 38.9 Å². The van der Waals surface area contributed by atoms with Crippen molar-refractivity contribution >= 4 is 27.4 Å². The van der Waals surface area contributed by atoms with Crippen LogP contribution in [0, 0.1) is 6.85 Å². The van der Waals surface area contributed by atoms with E-state index in [0.717, 1.165) is 0 Å². The molecule has 0 aliphatic heterocycles. The molecule has 0 aliphatic rings. The summed E-state index contributed by atoms with van der Waals surface area (Å²) in [5, 5.41) is 13.0. The van der Waals surface area contributed by atoms with Crippen LogP contribution in [0.1, 0.15) is 30.0 Å². The zero-order valence-corrected chi connectivity index (χ0v) is 18.7. The maximum absolute atomic E-state index is 12.0. The van der Waals surface area contributed by atoms with Crippen LogP contribution in [-0.2, 0) is 20.7 Å². The van der Waals surface area contributed by atoms with Crippen LogP contribution in [0.25, 0.3) is 21.5 Å². The van der Waals surface area contributed by atoms with Crippen molar-refractivity contribution in [2.75, 3.05) is 20.8 Å². The first kappa shape index (κ1) is 17.3. The first-order chi connectivity index (χ1) is 17.9. The van der Waals surface area contributed by atoms with E-state index in [1.165, 1.54) is 37.7 Å². The number of hydrogen-bond donors (Lipinski definition) is 1. The van der Waals surface area contributed by atoms with Crippen LogP contribution in [0.3, 0.4) is 0 Å². The van der Waals surface area contributed by atoms with E-state index in [0.29, 0.717) is 21.2 Å². The molecule has 172 valence electrons. The summed E-state index contributed by atoms with van der Waals surface area (Å²) in [4.78, 5) is 16.3. The van der Waals surface area contributed by atoms with E-state index in [-0.39, 0.29) is 17.3 Å². The number of fused-ring (bicyclic) bond motifs is 1. The molecule has 0 fully saturated rings. The van der Waals surface area contributed by atoms with E-state index in [1.54, 1.807) is 41.8 Å². The number of thiophene rings is 1. The largest absolute Gasteiger partial charge is 0.493 e. The summed E-state index contributed by atoms with van der Waals surface area (Å²) < 4.78 is 62.2. The molecule has 0 radical (unpaired) electrons. The van der Waals surface area contributed by atoms with Gasteiger partial charge < -0.3 is 23.7 Å². The Bertz CT molecular complexity index is 1420. The second-order valence-corrected chi connectivity index (χ2v) is 7.94. The van der Waals surface area contributed by atoms with Crippen LogP contribution < -0.4 is 4.74 Å². The fourth-order valence-corrected chi connectivity index (χ4v) is 4.33. The van der Waals surface area contributed by atoms with Crippen LogP contribution in [0.4, 0.5) is 0 Å². The molecule has 33 heavy (non-hydrogen) atoms. The molecule has 2 heterocycles. The van der Waals surface area contributed by atoms with Gasteiger partial charge in [-0.2, -0.15) is 0 Å². The molecule has 7 nitrogen and oxygen atoms in total. The van der Waals surface area contributed by atoms with Gasteiger partial charge in [0.1, 0.15) is 17.6 Å². The third-order valence-electron chi connectivity index (χ3n) is 5.04. The predicted octanol–water partition coefficient (Wildman–Crippen LogP) is 4.71. The van der Waals surface area contributed by atoms with E-state index in [2.05, 4.69) is 4.98 Å². The fraction of sp³-hybridized carbons (Fsp3) is 0.280. The molecule has 8 heteroatoms. The molecule has 2 unspecified atom stereocenters. The molecule has 2 aromatic carbocycles. The number of methoxy groups -OCH3 is 2. The molecule has 0 saturated heterocycles. The van der Waals surface area contributed by atoms with Crippen LogP contribution in [0.5, 0.6) is 5.75 Å². The highest BCUT2D eigenvalue weighted by atomic mass is 32.1. The molecule has 2 atom stereocenters. The summed E-state index contributed by atoms with van der Waals surface area (Å²) in [6, 6.07) is 13.4. The Morgan fingerprint density at radius 3 is 2.79 bits per heavy atom. The Labute approximate surface area is 202 Å². The lowest BCUT2D eigenvalue weighted by molar-refractivity contribution is -0.159. The quantitative estimate of drug-likeness (QED) is 0.353. The van der Waals surface area contributed by atoms with Gasteiger partial charge in [-0.25, -0.2) is 9.78 Å². The lowest BCUT2D eigenvalue weighted by Gasteiger charge is -2.20. The molecule has 2 aromatic heterocycles. The normalized spacial score (nSPS) is 16.2. The first-order valence-electron chi connectivity index (χ1n) is 12.5. The third-order valence-corrected chi connectivity index (χ3v) is 6.00. The Balaban J connectivity index is 1.64. The van der Waals surface area contributed by atoms with Crippen LogP contribution in [0.15, 0.2) is 58.3 Å². The van der Waals surface area contributed by atoms with Crippen LogP contribution in [-0.4, -0.2) is 42.9 Å². The van der Waals surface area contributed by atoms with Gasteiger partial charge in [-0.3, -0.25) is 0 Å². The number of nitrogens with zero attached hydrogens (tertiary/aromatic N) is 1. The van der Waals surface area contributed by atoms with Gasteiger partial charge in [-0.15, -0.1) is 11.3 Å². The Morgan fingerprint density at radius 1 is 1.24 bits per heavy atom. The Morgan fingerprint density at radius 2 is 2.06 bits per heavy atom. The number of oxazole rings is 1. The average molecular weight is 473 g/mol. The van der Waals surface area contributed by atoms with Crippen LogP contribution >= 0.6 is 11.3 Å². The van der Waals surface area contributed by atoms with Gasteiger partial charge in [0.05, 0.1) is 22.1 Å². The number of esters is 1. The number of carbonyl (C=O) groups is 1. The van der Waals surface area contributed by atoms with Crippen molar-refractivity contribution < 1.29 is 35.4 Å². The van der Waals surface area contributed by atoms with Gasteiger partial charge in [0.15, 0.2) is 6.10 Å². The van der Waals surface area contributed by atoms with E-state index in [1.807, 2.05) is 0 Å². The highest BCUT2D eigenvalue weighted by molar-refractivity contribution is 7.17. The first-order valence-corrected chi connectivity index (χ1v) is 10.9. The molecule has 0 bridgehead atoms. The highest BCUT2D eigenvalue weighted by Crippen LogP contribution is 2.37.